The minimum Gasteiger partial charge on any atom is -0.355 e. The van der Waals surface area contributed by atoms with Crippen LogP contribution in [0.5, 0.6) is 0 Å². The Morgan fingerprint density at radius 2 is 2.08 bits per heavy atom. The van der Waals surface area contributed by atoms with Crippen molar-refractivity contribution in [1.82, 2.24) is 20.0 Å². The van der Waals surface area contributed by atoms with E-state index in [1.807, 2.05) is 18.5 Å². The Hall–Kier alpha value is -1.87. The van der Waals surface area contributed by atoms with Crippen LogP contribution in [0.3, 0.4) is 0 Å². The molecule has 1 unspecified atom stereocenters. The van der Waals surface area contributed by atoms with Crippen molar-refractivity contribution in [3.63, 3.8) is 0 Å². The molecule has 6 heteroatoms. The molecule has 6 nitrogen and oxygen atoms in total. The maximum atomic E-state index is 12.1. The summed E-state index contributed by atoms with van der Waals surface area (Å²) in [6, 6.07) is 2.55. The minimum absolute atomic E-state index is 0.102. The van der Waals surface area contributed by atoms with Crippen LogP contribution in [-0.2, 0) is 17.8 Å². The van der Waals surface area contributed by atoms with Crippen molar-refractivity contribution in [3.05, 3.63) is 17.0 Å². The summed E-state index contributed by atoms with van der Waals surface area (Å²) in [5, 5.41) is 16.2. The van der Waals surface area contributed by atoms with Crippen LogP contribution in [-0.4, -0.2) is 46.3 Å². The van der Waals surface area contributed by atoms with Gasteiger partial charge in [-0.25, -0.2) is 0 Å². The van der Waals surface area contributed by atoms with Gasteiger partial charge in [0.15, 0.2) is 0 Å². The zero-order chi connectivity index (χ0) is 17.5. The highest BCUT2D eigenvalue weighted by Gasteiger charge is 2.18. The van der Waals surface area contributed by atoms with Gasteiger partial charge in [0, 0.05) is 24.7 Å². The van der Waals surface area contributed by atoms with Gasteiger partial charge < -0.3 is 5.32 Å². The van der Waals surface area contributed by atoms with Crippen LogP contribution < -0.4 is 5.32 Å². The molecule has 2 rings (SSSR count). The number of hydrogen-bond acceptors (Lipinski definition) is 4. The van der Waals surface area contributed by atoms with Crippen molar-refractivity contribution in [2.75, 3.05) is 19.6 Å². The third-order valence-electron chi connectivity index (χ3n) is 4.93. The smallest absolute Gasteiger partial charge is 0.220 e. The van der Waals surface area contributed by atoms with E-state index in [1.54, 1.807) is 0 Å². The molecule has 0 aliphatic carbocycles. The first-order valence-corrected chi connectivity index (χ1v) is 8.93. The second kappa shape index (κ2) is 8.84. The predicted molar refractivity (Wildman–Crippen MR) is 93.5 cm³/mol. The van der Waals surface area contributed by atoms with Gasteiger partial charge >= 0.3 is 0 Å². The highest BCUT2D eigenvalue weighted by Crippen LogP contribution is 2.16. The molecule has 0 saturated carbocycles. The van der Waals surface area contributed by atoms with Crippen molar-refractivity contribution in [1.29, 1.82) is 5.26 Å². The third kappa shape index (κ3) is 4.81. The Balaban J connectivity index is 1.79. The summed E-state index contributed by atoms with van der Waals surface area (Å²) in [4.78, 5) is 14.6. The fourth-order valence-electron chi connectivity index (χ4n) is 3.37. The number of aryl methyl sites for hydroxylation is 2. The van der Waals surface area contributed by atoms with Gasteiger partial charge in [-0.1, -0.05) is 0 Å². The first-order valence-electron chi connectivity index (χ1n) is 8.93. The number of likely N-dealkylation sites (tertiary alicyclic amines) is 1. The second-order valence-electron chi connectivity index (χ2n) is 6.68. The van der Waals surface area contributed by atoms with Gasteiger partial charge in [-0.15, -0.1) is 0 Å². The number of nitrogens with zero attached hydrogens (tertiary/aromatic N) is 4. The summed E-state index contributed by atoms with van der Waals surface area (Å²) >= 11 is 0. The van der Waals surface area contributed by atoms with Crippen molar-refractivity contribution in [2.45, 2.75) is 65.5 Å². The number of nitrogens with one attached hydrogen (secondary N) is 1. The molecule has 132 valence electrons. The molecule has 0 spiro atoms. The Labute approximate surface area is 144 Å². The van der Waals surface area contributed by atoms with E-state index >= 15 is 0 Å². The number of aromatic nitrogens is 2. The SMILES string of the molecule is Cc1nn(CCC#N)c(C)c1CCC(=O)NCC(C)N1CCCC1. The number of carbonyl (C=O) groups is 1. The number of rotatable bonds is 8. The van der Waals surface area contributed by atoms with E-state index in [-0.39, 0.29) is 5.91 Å². The lowest BCUT2D eigenvalue weighted by Crippen LogP contribution is -2.40. The topological polar surface area (TPSA) is 73.9 Å². The van der Waals surface area contributed by atoms with Crippen LogP contribution in [0.25, 0.3) is 0 Å². The van der Waals surface area contributed by atoms with E-state index in [9.17, 15) is 4.79 Å². The molecule has 0 bridgehead atoms. The van der Waals surface area contributed by atoms with Gasteiger partial charge in [0.25, 0.3) is 0 Å². The fourth-order valence-corrected chi connectivity index (χ4v) is 3.37. The van der Waals surface area contributed by atoms with Gasteiger partial charge in [0.1, 0.15) is 0 Å². The van der Waals surface area contributed by atoms with E-state index in [4.69, 9.17) is 5.26 Å². The van der Waals surface area contributed by atoms with Crippen LogP contribution in [0.4, 0.5) is 0 Å². The normalized spacial score (nSPS) is 16.1. The number of nitriles is 1. The quantitative estimate of drug-likeness (QED) is 0.790. The van der Waals surface area contributed by atoms with E-state index in [1.165, 1.54) is 12.8 Å². The van der Waals surface area contributed by atoms with Crippen LogP contribution >= 0.6 is 0 Å². The monoisotopic (exact) mass is 331 g/mol. The minimum atomic E-state index is 0.102. The molecule has 0 radical (unpaired) electrons. The first kappa shape index (κ1) is 18.5. The number of carbonyl (C=O) groups excluding carboxylic acids is 1. The zero-order valence-electron chi connectivity index (χ0n) is 15.1. The maximum absolute atomic E-state index is 12.1. The molecule has 1 fully saturated rings. The van der Waals surface area contributed by atoms with Crippen LogP contribution in [0.1, 0.15) is 49.6 Å². The number of hydrogen-bond donors (Lipinski definition) is 1. The predicted octanol–water partition coefficient (Wildman–Crippen LogP) is 1.95. The van der Waals surface area contributed by atoms with E-state index in [0.717, 1.165) is 36.6 Å². The average Bonchev–Trinajstić information content (AvgIpc) is 3.18. The largest absolute Gasteiger partial charge is 0.355 e. The molecule has 1 aromatic heterocycles. The van der Waals surface area contributed by atoms with E-state index in [0.29, 0.717) is 31.8 Å². The van der Waals surface area contributed by atoms with Crippen molar-refractivity contribution >= 4 is 5.91 Å². The lowest BCUT2D eigenvalue weighted by molar-refractivity contribution is -0.121. The molecule has 1 aliphatic rings. The maximum Gasteiger partial charge on any atom is 0.220 e. The summed E-state index contributed by atoms with van der Waals surface area (Å²) in [7, 11) is 0. The molecule has 1 aromatic rings. The van der Waals surface area contributed by atoms with E-state index in [2.05, 4.69) is 28.3 Å². The molecule has 1 N–H and O–H groups in total. The molecule has 1 amide bonds. The van der Waals surface area contributed by atoms with Crippen molar-refractivity contribution in [3.8, 4) is 6.07 Å². The third-order valence-corrected chi connectivity index (χ3v) is 4.93. The van der Waals surface area contributed by atoms with Gasteiger partial charge in [-0.05, 0) is 58.7 Å². The first-order chi connectivity index (χ1) is 11.5. The lowest BCUT2D eigenvalue weighted by atomic mass is 10.1. The summed E-state index contributed by atoms with van der Waals surface area (Å²) in [5.41, 5.74) is 3.17. The zero-order valence-corrected chi connectivity index (χ0v) is 15.1. The summed E-state index contributed by atoms with van der Waals surface area (Å²) in [6.45, 7) is 9.80. The summed E-state index contributed by atoms with van der Waals surface area (Å²) in [5.74, 6) is 0.102. The fraction of sp³-hybridized carbons (Fsp3) is 0.722. The Bertz CT molecular complexity index is 595. The second-order valence-corrected chi connectivity index (χ2v) is 6.68. The lowest BCUT2D eigenvalue weighted by Gasteiger charge is -2.23. The Morgan fingerprint density at radius 3 is 2.75 bits per heavy atom. The Morgan fingerprint density at radius 1 is 1.38 bits per heavy atom. The molecule has 1 saturated heterocycles. The highest BCUT2D eigenvalue weighted by atomic mass is 16.1. The summed E-state index contributed by atoms with van der Waals surface area (Å²) in [6.07, 6.45) is 4.18. The van der Waals surface area contributed by atoms with Gasteiger partial charge in [-0.3, -0.25) is 14.4 Å². The Kier molecular flexibility index (Phi) is 6.80. The van der Waals surface area contributed by atoms with Crippen molar-refractivity contribution < 1.29 is 4.79 Å². The molecular weight excluding hydrogens is 302 g/mol. The molecule has 1 aliphatic heterocycles. The molecule has 2 heterocycles. The molecule has 0 aromatic carbocycles. The highest BCUT2D eigenvalue weighted by molar-refractivity contribution is 5.76. The molecule has 1 atom stereocenters. The van der Waals surface area contributed by atoms with Crippen LogP contribution in [0.2, 0.25) is 0 Å². The molecular formula is C18H29N5O. The van der Waals surface area contributed by atoms with Crippen LogP contribution in [0, 0.1) is 25.2 Å². The average molecular weight is 331 g/mol. The van der Waals surface area contributed by atoms with Crippen LogP contribution in [0.15, 0.2) is 0 Å². The summed E-state index contributed by atoms with van der Waals surface area (Å²) < 4.78 is 1.88. The number of amides is 1. The molecule has 24 heavy (non-hydrogen) atoms. The van der Waals surface area contributed by atoms with Gasteiger partial charge in [0.2, 0.25) is 5.91 Å². The van der Waals surface area contributed by atoms with Gasteiger partial charge in [-0.2, -0.15) is 10.4 Å². The van der Waals surface area contributed by atoms with Crippen molar-refractivity contribution in [2.24, 2.45) is 0 Å². The van der Waals surface area contributed by atoms with Gasteiger partial charge in [0.05, 0.1) is 24.7 Å². The standard InChI is InChI=1S/C18H29N5O/c1-14(22-10-4-5-11-22)13-20-18(24)8-7-17-15(2)21-23(16(17)3)12-6-9-19/h14H,4-8,10-13H2,1-3H3,(H,20,24). The van der Waals surface area contributed by atoms with E-state index < -0.39 is 0 Å².